The number of carbonyl (C=O) groups excluding carboxylic acids is 1. The van der Waals surface area contributed by atoms with Crippen molar-refractivity contribution in [1.82, 2.24) is 10.2 Å². The molecule has 164 valence electrons. The predicted octanol–water partition coefficient (Wildman–Crippen LogP) is 6.02. The molecule has 1 aliphatic carbocycles. The summed E-state index contributed by atoms with van der Waals surface area (Å²) in [6.07, 6.45) is 14.7. The van der Waals surface area contributed by atoms with Gasteiger partial charge in [0.25, 0.3) is 5.91 Å². The molecule has 1 saturated heterocycles. The van der Waals surface area contributed by atoms with Crippen LogP contribution in [0.15, 0.2) is 57.2 Å². The fraction of sp³-hybridized carbons (Fsp3) is 0.440. The molecular formula is C25H29Cl2N3O. The summed E-state index contributed by atoms with van der Waals surface area (Å²) in [6.45, 7) is 4.28. The second-order valence-corrected chi connectivity index (χ2v) is 9.35. The normalized spacial score (nSPS) is 24.7. The fourth-order valence-electron chi connectivity index (χ4n) is 4.49. The van der Waals surface area contributed by atoms with Crippen molar-refractivity contribution < 1.29 is 4.79 Å². The lowest BCUT2D eigenvalue weighted by Gasteiger charge is -2.28. The van der Waals surface area contributed by atoms with Crippen LogP contribution in [0.2, 0.25) is 0 Å². The Morgan fingerprint density at radius 3 is 2.52 bits per heavy atom. The number of amides is 1. The van der Waals surface area contributed by atoms with Crippen molar-refractivity contribution in [2.45, 2.75) is 57.5 Å². The van der Waals surface area contributed by atoms with E-state index in [1.807, 2.05) is 36.6 Å². The van der Waals surface area contributed by atoms with Crippen molar-refractivity contribution in [1.29, 1.82) is 0 Å². The summed E-state index contributed by atoms with van der Waals surface area (Å²) in [5.74, 6) is -0.000718. The van der Waals surface area contributed by atoms with Crippen molar-refractivity contribution in [3.05, 3.63) is 68.9 Å². The van der Waals surface area contributed by atoms with Crippen LogP contribution in [0.25, 0.3) is 0 Å². The minimum Gasteiger partial charge on any atom is -0.321 e. The van der Waals surface area contributed by atoms with Crippen molar-refractivity contribution in [2.75, 3.05) is 13.1 Å². The van der Waals surface area contributed by atoms with Crippen LogP contribution >= 0.6 is 23.2 Å². The van der Waals surface area contributed by atoms with Gasteiger partial charge in [-0.25, -0.2) is 0 Å². The summed E-state index contributed by atoms with van der Waals surface area (Å²) in [5, 5.41) is 4.17. The van der Waals surface area contributed by atoms with Crippen LogP contribution in [0.3, 0.4) is 0 Å². The second-order valence-electron chi connectivity index (χ2n) is 8.54. The number of dihydropyridines is 1. The third-order valence-corrected chi connectivity index (χ3v) is 7.11. The number of hydrogen-bond acceptors (Lipinski definition) is 3. The molecule has 2 heterocycles. The fourth-order valence-corrected chi connectivity index (χ4v) is 4.87. The molecule has 2 atom stereocenters. The molecule has 1 aromatic carbocycles. The van der Waals surface area contributed by atoms with Gasteiger partial charge in [-0.3, -0.25) is 14.7 Å². The van der Waals surface area contributed by atoms with Crippen molar-refractivity contribution in [3.8, 4) is 0 Å². The molecule has 0 radical (unpaired) electrons. The van der Waals surface area contributed by atoms with Crippen LogP contribution < -0.4 is 5.32 Å². The van der Waals surface area contributed by atoms with E-state index in [0.29, 0.717) is 15.6 Å². The molecular weight excluding hydrogens is 429 g/mol. The number of rotatable bonds is 4. The van der Waals surface area contributed by atoms with Gasteiger partial charge < -0.3 is 5.32 Å². The summed E-state index contributed by atoms with van der Waals surface area (Å²) >= 11 is 12.3. The number of carbonyl (C=O) groups is 1. The van der Waals surface area contributed by atoms with E-state index in [9.17, 15) is 4.79 Å². The molecule has 1 fully saturated rings. The van der Waals surface area contributed by atoms with Gasteiger partial charge in [0.2, 0.25) is 0 Å². The molecule has 6 heteroatoms. The quantitative estimate of drug-likeness (QED) is 0.600. The van der Waals surface area contributed by atoms with Crippen molar-refractivity contribution in [2.24, 2.45) is 4.99 Å². The van der Waals surface area contributed by atoms with Gasteiger partial charge in [-0.15, -0.1) is 0 Å². The number of benzene rings is 1. The van der Waals surface area contributed by atoms with Gasteiger partial charge >= 0.3 is 0 Å². The van der Waals surface area contributed by atoms with Gasteiger partial charge in [0, 0.05) is 37.2 Å². The lowest BCUT2D eigenvalue weighted by atomic mass is 9.88. The molecule has 1 amide bonds. The van der Waals surface area contributed by atoms with E-state index >= 15 is 0 Å². The van der Waals surface area contributed by atoms with Crippen LogP contribution in [-0.2, 0) is 0 Å². The molecule has 1 aromatic rings. The van der Waals surface area contributed by atoms with E-state index in [0.717, 1.165) is 42.8 Å². The maximum atomic E-state index is 12.9. The van der Waals surface area contributed by atoms with E-state index in [-0.39, 0.29) is 18.0 Å². The summed E-state index contributed by atoms with van der Waals surface area (Å²) < 4.78 is 0. The summed E-state index contributed by atoms with van der Waals surface area (Å²) in [7, 11) is 0. The first-order valence-electron chi connectivity index (χ1n) is 11.1. The van der Waals surface area contributed by atoms with Crippen LogP contribution in [0.4, 0.5) is 0 Å². The summed E-state index contributed by atoms with van der Waals surface area (Å²) in [6, 6.07) is 5.82. The highest BCUT2D eigenvalue weighted by molar-refractivity contribution is 6.44. The Morgan fingerprint density at radius 2 is 1.84 bits per heavy atom. The first kappa shape index (κ1) is 22.3. The topological polar surface area (TPSA) is 44.7 Å². The van der Waals surface area contributed by atoms with Gasteiger partial charge in [-0.1, -0.05) is 60.3 Å². The van der Waals surface area contributed by atoms with E-state index in [1.54, 1.807) is 0 Å². The van der Waals surface area contributed by atoms with Crippen LogP contribution in [0.1, 0.15) is 65.9 Å². The predicted molar refractivity (Wildman–Crippen MR) is 129 cm³/mol. The Hall–Kier alpha value is -1.88. The van der Waals surface area contributed by atoms with E-state index in [4.69, 9.17) is 28.2 Å². The Bertz CT molecular complexity index is 956. The molecule has 1 N–H and O–H groups in total. The van der Waals surface area contributed by atoms with Crippen LogP contribution in [-0.4, -0.2) is 36.3 Å². The molecule has 0 aromatic heterocycles. The highest BCUT2D eigenvalue weighted by Gasteiger charge is 2.21. The number of hydrogen-bond donors (Lipinski definition) is 1. The average molecular weight is 458 g/mol. The molecule has 0 bridgehead atoms. The van der Waals surface area contributed by atoms with Gasteiger partial charge in [-0.05, 0) is 49.4 Å². The number of aliphatic imine (C=N–C) groups is 1. The number of nitrogens with zero attached hydrogens (tertiary/aromatic N) is 2. The summed E-state index contributed by atoms with van der Waals surface area (Å²) in [5.41, 5.74) is 3.63. The first-order chi connectivity index (χ1) is 15.0. The van der Waals surface area contributed by atoms with Gasteiger partial charge in [0.15, 0.2) is 0 Å². The molecule has 0 saturated carbocycles. The average Bonchev–Trinajstić information content (AvgIpc) is 3.06. The Morgan fingerprint density at radius 1 is 1.06 bits per heavy atom. The zero-order valence-corrected chi connectivity index (χ0v) is 19.4. The number of nitrogens with one attached hydrogen (secondary N) is 1. The second kappa shape index (κ2) is 10.2. The Balaban J connectivity index is 1.41. The Kier molecular flexibility index (Phi) is 7.31. The zero-order chi connectivity index (χ0) is 21.8. The van der Waals surface area contributed by atoms with E-state index in [2.05, 4.69) is 23.2 Å². The number of likely N-dealkylation sites (tertiary alicyclic amines) is 1. The third kappa shape index (κ3) is 5.49. The summed E-state index contributed by atoms with van der Waals surface area (Å²) in [4.78, 5) is 20.1. The molecule has 2 unspecified atom stereocenters. The van der Waals surface area contributed by atoms with Crippen LogP contribution in [0, 0.1) is 6.92 Å². The number of halogens is 2. The monoisotopic (exact) mass is 457 g/mol. The molecule has 0 spiro atoms. The van der Waals surface area contributed by atoms with Crippen molar-refractivity contribution in [3.63, 3.8) is 0 Å². The highest BCUT2D eigenvalue weighted by Crippen LogP contribution is 2.35. The molecule has 4 rings (SSSR count). The third-order valence-electron chi connectivity index (χ3n) is 6.32. The van der Waals surface area contributed by atoms with Gasteiger partial charge in [0.1, 0.15) is 6.17 Å². The maximum absolute atomic E-state index is 12.9. The van der Waals surface area contributed by atoms with E-state index < -0.39 is 0 Å². The largest absolute Gasteiger partial charge is 0.321 e. The van der Waals surface area contributed by atoms with Gasteiger partial charge in [-0.2, -0.15) is 0 Å². The lowest BCUT2D eigenvalue weighted by Crippen LogP contribution is -2.36. The zero-order valence-electron chi connectivity index (χ0n) is 17.9. The first-order valence-corrected chi connectivity index (χ1v) is 11.9. The van der Waals surface area contributed by atoms with Gasteiger partial charge in [0.05, 0.1) is 15.8 Å². The van der Waals surface area contributed by atoms with Crippen LogP contribution in [0.5, 0.6) is 0 Å². The maximum Gasteiger partial charge on any atom is 0.255 e. The minimum atomic E-state index is -0.119. The standard InChI is InChI=1S/C25H29Cl2N3O/c1-17-6-7-19(14-21(17)18-8-10-22(26)23(27)15-18)25(31)29-20-9-11-24(28-16-20)30-12-4-2-3-5-13-30/h6-7,9-10,14-16,18,24H,2-5,8,11-13H2,1H3,(H,29,31). The number of allylic oxidation sites excluding steroid dienone is 5. The van der Waals surface area contributed by atoms with E-state index in [1.165, 1.54) is 25.7 Å². The molecule has 3 aliphatic rings. The smallest absolute Gasteiger partial charge is 0.255 e. The highest BCUT2D eigenvalue weighted by atomic mass is 35.5. The van der Waals surface area contributed by atoms with Crippen molar-refractivity contribution >= 4 is 35.3 Å². The molecule has 2 aliphatic heterocycles. The lowest BCUT2D eigenvalue weighted by molar-refractivity contribution is 0.0967. The molecule has 31 heavy (non-hydrogen) atoms. The minimum absolute atomic E-state index is 0.118. The number of aryl methyl sites for hydroxylation is 1. The Labute approximate surface area is 194 Å². The molecule has 4 nitrogen and oxygen atoms in total. The SMILES string of the molecule is Cc1ccc(C(=O)NC2=CCC(N3CCCCCC3)N=C2)cc1C1C=C(Cl)C(Cl)=CC1.